The first-order chi connectivity index (χ1) is 11.4. The second-order valence-electron chi connectivity index (χ2n) is 5.11. The average molecular weight is 351 g/mol. The van der Waals surface area contributed by atoms with E-state index in [-0.39, 0.29) is 23.6 Å². The molecule has 0 aromatic heterocycles. The normalized spacial score (nSPS) is 11.2. The number of carbonyl (C=O) groups is 1. The highest BCUT2D eigenvalue weighted by Gasteiger charge is 2.14. The minimum Gasteiger partial charge on any atom is -0.497 e. The molecule has 0 amide bonds. The monoisotopic (exact) mass is 351 g/mol. The third-order valence-electron chi connectivity index (χ3n) is 3.41. The van der Waals surface area contributed by atoms with Gasteiger partial charge in [-0.3, -0.25) is 4.79 Å². The molecule has 0 fully saturated rings. The molecule has 0 unspecified atom stereocenters. The molecule has 1 N–H and O–H groups in total. The summed E-state index contributed by atoms with van der Waals surface area (Å²) in [6.07, 6.45) is 0.530. The molecule has 0 aliphatic heterocycles. The van der Waals surface area contributed by atoms with Gasteiger partial charge in [0.25, 0.3) is 0 Å². The maximum Gasteiger partial charge on any atom is 0.240 e. The molecule has 0 spiro atoms. The van der Waals surface area contributed by atoms with Gasteiger partial charge in [0, 0.05) is 18.5 Å². The number of Topliss-reactive ketones (excluding diaryl/α,β-unsaturated/α-hetero) is 1. The lowest BCUT2D eigenvalue weighted by Gasteiger charge is -2.07. The fourth-order valence-corrected chi connectivity index (χ4v) is 3.15. The van der Waals surface area contributed by atoms with Crippen LogP contribution in [0.15, 0.2) is 53.4 Å². The van der Waals surface area contributed by atoms with E-state index in [0.29, 0.717) is 17.7 Å². The van der Waals surface area contributed by atoms with Crippen LogP contribution >= 0.6 is 0 Å². The molecule has 24 heavy (non-hydrogen) atoms. The standard InChI is InChI=1S/C17H18FNO4S/c1-23-15-8-10-16(11-9-15)24(21,22)19-12-2-3-17(20)13-4-6-14(18)7-5-13/h4-11,19H,2-3,12H2,1H3. The van der Waals surface area contributed by atoms with Crippen LogP contribution in [0.4, 0.5) is 4.39 Å². The van der Waals surface area contributed by atoms with Gasteiger partial charge in [-0.05, 0) is 55.0 Å². The van der Waals surface area contributed by atoms with E-state index in [1.54, 1.807) is 12.1 Å². The van der Waals surface area contributed by atoms with Crippen molar-refractivity contribution in [3.8, 4) is 5.75 Å². The quantitative estimate of drug-likeness (QED) is 0.586. The molecular weight excluding hydrogens is 333 g/mol. The first kappa shape index (κ1) is 18.1. The van der Waals surface area contributed by atoms with Crippen molar-refractivity contribution in [2.24, 2.45) is 0 Å². The molecule has 0 heterocycles. The Kier molecular flexibility index (Phi) is 6.05. The van der Waals surface area contributed by atoms with Crippen molar-refractivity contribution in [3.63, 3.8) is 0 Å². The van der Waals surface area contributed by atoms with Gasteiger partial charge in [0.2, 0.25) is 10.0 Å². The van der Waals surface area contributed by atoms with E-state index < -0.39 is 15.8 Å². The van der Waals surface area contributed by atoms with Crippen LogP contribution in [-0.4, -0.2) is 27.9 Å². The fourth-order valence-electron chi connectivity index (χ4n) is 2.07. The van der Waals surface area contributed by atoms with Crippen LogP contribution < -0.4 is 9.46 Å². The van der Waals surface area contributed by atoms with Crippen molar-refractivity contribution in [3.05, 3.63) is 59.9 Å². The first-order valence-electron chi connectivity index (χ1n) is 7.35. The summed E-state index contributed by atoms with van der Waals surface area (Å²) >= 11 is 0. The van der Waals surface area contributed by atoms with Crippen LogP contribution in [0.2, 0.25) is 0 Å². The average Bonchev–Trinajstić information content (AvgIpc) is 2.59. The van der Waals surface area contributed by atoms with Gasteiger partial charge in [-0.2, -0.15) is 0 Å². The van der Waals surface area contributed by atoms with Crippen LogP contribution in [0.5, 0.6) is 5.75 Å². The summed E-state index contributed by atoms with van der Waals surface area (Å²) < 4.78 is 44.4. The third kappa shape index (κ3) is 4.87. The molecule has 0 radical (unpaired) electrons. The molecule has 0 saturated carbocycles. The van der Waals surface area contributed by atoms with E-state index in [4.69, 9.17) is 4.74 Å². The maximum atomic E-state index is 12.8. The largest absolute Gasteiger partial charge is 0.497 e. The van der Waals surface area contributed by atoms with Crippen molar-refractivity contribution in [1.82, 2.24) is 4.72 Å². The molecule has 0 bridgehead atoms. The van der Waals surface area contributed by atoms with Crippen molar-refractivity contribution >= 4 is 15.8 Å². The van der Waals surface area contributed by atoms with Crippen LogP contribution in [0.25, 0.3) is 0 Å². The Hall–Kier alpha value is -2.25. The second kappa shape index (κ2) is 8.03. The van der Waals surface area contributed by atoms with Crippen molar-refractivity contribution in [2.45, 2.75) is 17.7 Å². The number of sulfonamides is 1. The lowest BCUT2D eigenvalue weighted by Crippen LogP contribution is -2.25. The van der Waals surface area contributed by atoms with Gasteiger partial charge < -0.3 is 4.74 Å². The summed E-state index contributed by atoms with van der Waals surface area (Å²) in [5.74, 6) is 0.0105. The topological polar surface area (TPSA) is 72.5 Å². The summed E-state index contributed by atoms with van der Waals surface area (Å²) in [5, 5.41) is 0. The SMILES string of the molecule is COc1ccc(S(=O)(=O)NCCCC(=O)c2ccc(F)cc2)cc1. The number of nitrogens with one attached hydrogen (secondary N) is 1. The summed E-state index contributed by atoms with van der Waals surface area (Å²) in [6.45, 7) is 0.140. The van der Waals surface area contributed by atoms with Gasteiger partial charge in [0.1, 0.15) is 11.6 Å². The van der Waals surface area contributed by atoms with Gasteiger partial charge >= 0.3 is 0 Å². The molecule has 0 aliphatic carbocycles. The van der Waals surface area contributed by atoms with E-state index in [9.17, 15) is 17.6 Å². The molecule has 2 aromatic rings. The molecule has 128 valence electrons. The Morgan fingerprint density at radius 3 is 2.29 bits per heavy atom. The Labute approximate surface area is 140 Å². The van der Waals surface area contributed by atoms with Gasteiger partial charge in [-0.25, -0.2) is 17.5 Å². The molecule has 0 aliphatic rings. The van der Waals surface area contributed by atoms with Crippen LogP contribution in [0.1, 0.15) is 23.2 Å². The molecule has 0 saturated heterocycles. The fraction of sp³-hybridized carbons (Fsp3) is 0.235. The van der Waals surface area contributed by atoms with Crippen molar-refractivity contribution < 1.29 is 22.3 Å². The van der Waals surface area contributed by atoms with Crippen molar-refractivity contribution in [2.75, 3.05) is 13.7 Å². The van der Waals surface area contributed by atoms with E-state index in [1.807, 2.05) is 0 Å². The van der Waals surface area contributed by atoms with Gasteiger partial charge in [0.05, 0.1) is 12.0 Å². The molecule has 2 rings (SSSR count). The van der Waals surface area contributed by atoms with E-state index in [1.165, 1.54) is 43.5 Å². The summed E-state index contributed by atoms with van der Waals surface area (Å²) in [4.78, 5) is 12.0. The second-order valence-corrected chi connectivity index (χ2v) is 6.87. The number of ketones is 1. The molecule has 2 aromatic carbocycles. The Morgan fingerprint density at radius 2 is 1.71 bits per heavy atom. The number of rotatable bonds is 8. The molecular formula is C17H18FNO4S. The van der Waals surface area contributed by atoms with Crippen LogP contribution in [-0.2, 0) is 10.0 Å². The number of halogens is 1. The lowest BCUT2D eigenvalue weighted by molar-refractivity contribution is 0.0980. The van der Waals surface area contributed by atoms with Gasteiger partial charge in [0.15, 0.2) is 5.78 Å². The molecule has 7 heteroatoms. The van der Waals surface area contributed by atoms with Gasteiger partial charge in [-0.1, -0.05) is 0 Å². The molecule has 0 atom stereocenters. The first-order valence-corrected chi connectivity index (χ1v) is 8.83. The number of carbonyl (C=O) groups excluding carboxylic acids is 1. The Morgan fingerprint density at radius 1 is 1.08 bits per heavy atom. The Balaban J connectivity index is 1.84. The van der Waals surface area contributed by atoms with Gasteiger partial charge in [-0.15, -0.1) is 0 Å². The third-order valence-corrected chi connectivity index (χ3v) is 4.89. The minimum absolute atomic E-state index is 0.133. The lowest BCUT2D eigenvalue weighted by atomic mass is 10.1. The van der Waals surface area contributed by atoms with E-state index in [0.717, 1.165) is 0 Å². The predicted molar refractivity (Wildman–Crippen MR) is 88.1 cm³/mol. The predicted octanol–water partition coefficient (Wildman–Crippen LogP) is 2.78. The zero-order valence-corrected chi connectivity index (χ0v) is 14.0. The maximum absolute atomic E-state index is 12.8. The summed E-state index contributed by atoms with van der Waals surface area (Å²) in [7, 11) is -2.12. The highest BCUT2D eigenvalue weighted by Crippen LogP contribution is 2.15. The van der Waals surface area contributed by atoms with Crippen molar-refractivity contribution in [1.29, 1.82) is 0 Å². The smallest absolute Gasteiger partial charge is 0.240 e. The summed E-state index contributed by atoms with van der Waals surface area (Å²) in [6, 6.07) is 11.3. The minimum atomic E-state index is -3.62. The van der Waals surface area contributed by atoms with E-state index >= 15 is 0 Å². The van der Waals surface area contributed by atoms with Crippen LogP contribution in [0.3, 0.4) is 0 Å². The number of hydrogen-bond donors (Lipinski definition) is 1. The van der Waals surface area contributed by atoms with E-state index in [2.05, 4.69) is 4.72 Å². The number of methoxy groups -OCH3 is 1. The zero-order valence-electron chi connectivity index (χ0n) is 13.2. The Bertz CT molecular complexity index is 786. The summed E-state index contributed by atoms with van der Waals surface area (Å²) in [5.41, 5.74) is 0.411. The highest BCUT2D eigenvalue weighted by atomic mass is 32.2. The molecule has 5 nitrogen and oxygen atoms in total. The number of ether oxygens (including phenoxy) is 1. The zero-order chi connectivity index (χ0) is 17.6. The highest BCUT2D eigenvalue weighted by molar-refractivity contribution is 7.89. The number of benzene rings is 2. The number of hydrogen-bond acceptors (Lipinski definition) is 4. The van der Waals surface area contributed by atoms with Crippen LogP contribution in [0, 0.1) is 5.82 Å².